The van der Waals surface area contributed by atoms with Gasteiger partial charge in [0, 0.05) is 19.3 Å². The molecule has 0 bridgehead atoms. The van der Waals surface area contributed by atoms with Crippen molar-refractivity contribution in [1.82, 2.24) is 0 Å². The minimum atomic E-state index is -0.786. The minimum absolute atomic E-state index is 0.0817. The van der Waals surface area contributed by atoms with Crippen LogP contribution in [-0.2, 0) is 28.6 Å². The zero-order valence-electron chi connectivity index (χ0n) is 48.7. The Morgan fingerprint density at radius 2 is 0.534 bits per heavy atom. The van der Waals surface area contributed by atoms with Crippen LogP contribution in [0.25, 0.3) is 0 Å². The lowest BCUT2D eigenvalue weighted by Gasteiger charge is -2.18. The summed E-state index contributed by atoms with van der Waals surface area (Å²) in [5, 5.41) is 0. The summed E-state index contributed by atoms with van der Waals surface area (Å²) < 4.78 is 16.9. The molecule has 0 N–H and O–H groups in total. The molecule has 6 heteroatoms. The van der Waals surface area contributed by atoms with E-state index in [2.05, 4.69) is 81.5 Å². The Morgan fingerprint density at radius 1 is 0.288 bits per heavy atom. The molecule has 0 spiro atoms. The van der Waals surface area contributed by atoms with E-state index < -0.39 is 6.10 Å². The van der Waals surface area contributed by atoms with Crippen molar-refractivity contribution in [1.29, 1.82) is 0 Å². The summed E-state index contributed by atoms with van der Waals surface area (Å²) in [6.45, 7) is 6.54. The summed E-state index contributed by atoms with van der Waals surface area (Å²) in [6.07, 6.45) is 78.0. The van der Waals surface area contributed by atoms with E-state index in [0.717, 1.165) is 89.9 Å². The summed E-state index contributed by atoms with van der Waals surface area (Å²) >= 11 is 0. The number of hydrogen-bond donors (Lipinski definition) is 0. The SMILES string of the molecule is CC/C=C\C/C=C\C/C=C\CCCCCC(=O)OCC(COC(=O)CCCCCCCCCCCCC/C=C\C/C=C\CCCCCCC)OC(=O)CCCCCCCCCCCCCCCCCCCCC. The fourth-order valence-electron chi connectivity index (χ4n) is 9.25. The van der Waals surface area contributed by atoms with Crippen LogP contribution in [0.2, 0.25) is 0 Å². The first-order valence-electron chi connectivity index (χ1n) is 31.8. The normalized spacial score (nSPS) is 12.4. The number of unbranched alkanes of at least 4 members (excludes halogenated alkanes) is 37. The third kappa shape index (κ3) is 59.9. The Hall–Kier alpha value is -2.89. The Bertz CT molecular complexity index is 1310. The first-order valence-corrected chi connectivity index (χ1v) is 31.8. The van der Waals surface area contributed by atoms with Gasteiger partial charge < -0.3 is 14.2 Å². The second-order valence-electron chi connectivity index (χ2n) is 21.3. The standard InChI is InChI=1S/C67H120O6/c1-4-7-10-13-16-19-22-25-27-29-31-32-33-34-36-37-39-42-45-48-51-54-57-60-66(69)72-63-64(62-71-65(68)59-56-53-50-47-44-41-24-21-18-15-12-9-6-3)73-67(70)61-58-55-52-49-46-43-40-38-35-30-28-26-23-20-17-14-11-8-5-2/h9,12,18,21-22,25,29,31,41,44,64H,4-8,10-11,13-17,19-20,23-24,26-28,30,32-40,42-43,45-63H2,1-3H3/b12-9-,21-18-,25-22-,31-29-,44-41-. The Balaban J connectivity index is 4.31. The number of esters is 3. The van der Waals surface area contributed by atoms with Crippen molar-refractivity contribution in [3.05, 3.63) is 60.8 Å². The van der Waals surface area contributed by atoms with Crippen LogP contribution < -0.4 is 0 Å². The third-order valence-corrected chi connectivity index (χ3v) is 14.0. The maximum Gasteiger partial charge on any atom is 0.306 e. The van der Waals surface area contributed by atoms with E-state index in [1.807, 2.05) is 0 Å². The molecule has 1 unspecified atom stereocenters. The van der Waals surface area contributed by atoms with Crippen molar-refractivity contribution >= 4 is 17.9 Å². The maximum absolute atomic E-state index is 12.9. The van der Waals surface area contributed by atoms with Crippen molar-refractivity contribution < 1.29 is 28.6 Å². The van der Waals surface area contributed by atoms with E-state index >= 15 is 0 Å². The molecule has 0 aromatic carbocycles. The number of carbonyl (C=O) groups is 3. The molecule has 0 heterocycles. The van der Waals surface area contributed by atoms with Crippen LogP contribution in [0.5, 0.6) is 0 Å². The number of carbonyl (C=O) groups excluding carboxylic acids is 3. The van der Waals surface area contributed by atoms with Crippen molar-refractivity contribution in [2.24, 2.45) is 0 Å². The van der Waals surface area contributed by atoms with Gasteiger partial charge in [0.15, 0.2) is 6.10 Å². The van der Waals surface area contributed by atoms with Gasteiger partial charge in [0.1, 0.15) is 13.2 Å². The van der Waals surface area contributed by atoms with Gasteiger partial charge in [-0.05, 0) is 83.5 Å². The van der Waals surface area contributed by atoms with Crippen LogP contribution in [-0.4, -0.2) is 37.2 Å². The maximum atomic E-state index is 12.9. The fourth-order valence-corrected chi connectivity index (χ4v) is 9.25. The average molecular weight is 1020 g/mol. The topological polar surface area (TPSA) is 78.9 Å². The van der Waals surface area contributed by atoms with E-state index in [1.165, 1.54) is 199 Å². The lowest BCUT2D eigenvalue weighted by atomic mass is 10.0. The molecule has 0 aromatic rings. The van der Waals surface area contributed by atoms with E-state index in [-0.39, 0.29) is 31.1 Å². The molecule has 6 nitrogen and oxygen atoms in total. The lowest BCUT2D eigenvalue weighted by molar-refractivity contribution is -0.167. The third-order valence-electron chi connectivity index (χ3n) is 14.0. The molecule has 73 heavy (non-hydrogen) atoms. The zero-order valence-corrected chi connectivity index (χ0v) is 48.7. The van der Waals surface area contributed by atoms with Gasteiger partial charge in [-0.15, -0.1) is 0 Å². The van der Waals surface area contributed by atoms with Gasteiger partial charge in [0.2, 0.25) is 0 Å². The predicted octanol–water partition coefficient (Wildman–Crippen LogP) is 21.6. The van der Waals surface area contributed by atoms with Crippen molar-refractivity contribution in [2.45, 2.75) is 335 Å². The summed E-state index contributed by atoms with van der Waals surface area (Å²) in [4.78, 5) is 38.3. The molecule has 0 aliphatic carbocycles. The first-order chi connectivity index (χ1) is 36.0. The summed E-state index contributed by atoms with van der Waals surface area (Å²) in [7, 11) is 0. The van der Waals surface area contributed by atoms with E-state index in [1.54, 1.807) is 0 Å². The monoisotopic (exact) mass is 1020 g/mol. The number of allylic oxidation sites excluding steroid dienone is 10. The van der Waals surface area contributed by atoms with E-state index in [0.29, 0.717) is 19.3 Å². The molecule has 0 saturated carbocycles. The molecule has 0 saturated heterocycles. The molecular weight excluding hydrogens is 901 g/mol. The van der Waals surface area contributed by atoms with Crippen molar-refractivity contribution in [3.8, 4) is 0 Å². The molecule has 0 aliphatic heterocycles. The quantitative estimate of drug-likeness (QED) is 0.0261. The average Bonchev–Trinajstić information content (AvgIpc) is 3.39. The highest BCUT2D eigenvalue weighted by Crippen LogP contribution is 2.17. The van der Waals surface area contributed by atoms with Crippen LogP contribution >= 0.6 is 0 Å². The molecule has 0 rings (SSSR count). The fraction of sp³-hybridized carbons (Fsp3) is 0.806. The molecule has 0 fully saturated rings. The molecule has 0 radical (unpaired) electrons. The number of ether oxygens (including phenoxy) is 3. The van der Waals surface area contributed by atoms with Gasteiger partial charge in [0.05, 0.1) is 0 Å². The molecule has 0 aromatic heterocycles. The summed E-state index contributed by atoms with van der Waals surface area (Å²) in [6, 6.07) is 0. The van der Waals surface area contributed by atoms with Crippen molar-refractivity contribution in [3.63, 3.8) is 0 Å². The Labute approximate surface area is 453 Å². The predicted molar refractivity (Wildman–Crippen MR) is 316 cm³/mol. The highest BCUT2D eigenvalue weighted by atomic mass is 16.6. The molecule has 0 aliphatic rings. The van der Waals surface area contributed by atoms with Gasteiger partial charge >= 0.3 is 17.9 Å². The van der Waals surface area contributed by atoms with E-state index in [9.17, 15) is 14.4 Å². The number of hydrogen-bond acceptors (Lipinski definition) is 6. The van der Waals surface area contributed by atoms with E-state index in [4.69, 9.17) is 14.2 Å². The summed E-state index contributed by atoms with van der Waals surface area (Å²) in [5.74, 6) is -0.896. The Kier molecular flexibility index (Phi) is 59.2. The largest absolute Gasteiger partial charge is 0.462 e. The molecule has 1 atom stereocenters. The minimum Gasteiger partial charge on any atom is -0.462 e. The van der Waals surface area contributed by atoms with Crippen molar-refractivity contribution in [2.75, 3.05) is 13.2 Å². The van der Waals surface area contributed by atoms with Crippen LogP contribution in [0, 0.1) is 0 Å². The summed E-state index contributed by atoms with van der Waals surface area (Å²) in [5.41, 5.74) is 0. The molecular formula is C67H120O6. The smallest absolute Gasteiger partial charge is 0.306 e. The second-order valence-corrected chi connectivity index (χ2v) is 21.3. The van der Waals surface area contributed by atoms with Gasteiger partial charge in [-0.1, -0.05) is 287 Å². The van der Waals surface area contributed by atoms with Gasteiger partial charge in [-0.2, -0.15) is 0 Å². The number of rotatable bonds is 58. The van der Waals surface area contributed by atoms with Crippen LogP contribution in [0.4, 0.5) is 0 Å². The van der Waals surface area contributed by atoms with Gasteiger partial charge in [-0.25, -0.2) is 0 Å². The van der Waals surface area contributed by atoms with Crippen LogP contribution in [0.3, 0.4) is 0 Å². The molecule has 424 valence electrons. The zero-order chi connectivity index (χ0) is 52.9. The highest BCUT2D eigenvalue weighted by molar-refractivity contribution is 5.71. The van der Waals surface area contributed by atoms with Gasteiger partial charge in [-0.3, -0.25) is 14.4 Å². The first kappa shape index (κ1) is 70.1. The van der Waals surface area contributed by atoms with Crippen LogP contribution in [0.1, 0.15) is 329 Å². The molecule has 0 amide bonds. The highest BCUT2D eigenvalue weighted by Gasteiger charge is 2.19. The Morgan fingerprint density at radius 3 is 0.849 bits per heavy atom. The van der Waals surface area contributed by atoms with Gasteiger partial charge in [0.25, 0.3) is 0 Å². The van der Waals surface area contributed by atoms with Crippen LogP contribution in [0.15, 0.2) is 60.8 Å². The second kappa shape index (κ2) is 61.7. The lowest BCUT2D eigenvalue weighted by Crippen LogP contribution is -2.30.